The average Bonchev–Trinajstić information content (AvgIpc) is 3.68. The second-order valence-electron chi connectivity index (χ2n) is 14.2. The molecule has 4 amide bonds. The van der Waals surface area contributed by atoms with Gasteiger partial charge in [-0.1, -0.05) is 99.1 Å². The predicted octanol–water partition coefficient (Wildman–Crippen LogP) is 3.89. The zero-order chi connectivity index (χ0) is 40.5. The number of Topliss-reactive ketones (excluding diaryl/α,β-unsaturated/α-hetero) is 1. The largest absolute Gasteiger partial charge is 0.391 e. The summed E-state index contributed by atoms with van der Waals surface area (Å²) in [6, 6.07) is 20.1. The standard InChI is InChI=1S/C26H37N5O9.C8H10.C7H8/c1-6-22(35)39-23-10-16(30-40-23)9-19(32)27-11-20(33)29-18-8-15(4)31(25(18)37)12-21(34)28-17(7-14(2)3)24(36)26(5)13-38-26;1-2-8-6-4-3-5-7-8;1-7-5-3-2-4-6-7/h10,14-15,17-18H,6-9,11-13H2,1-5H3,(H,27,32)(H,28,34)(H,29,33);3-7H,2H2,1H3;2-6H,1H3/t15?,17-,18-,26?;;/m0../s1. The minimum Gasteiger partial charge on any atom is -0.391 e. The molecule has 1 aromatic heterocycles. The molecule has 2 aliphatic heterocycles. The molecule has 3 heterocycles. The molecule has 2 unspecified atom stereocenters. The van der Waals surface area contributed by atoms with Gasteiger partial charge in [-0.3, -0.25) is 28.8 Å². The second kappa shape index (κ2) is 21.5. The fourth-order valence-corrected chi connectivity index (χ4v) is 5.57. The molecule has 0 radical (unpaired) electrons. The number of nitrogens with zero attached hydrogens (tertiary/aromatic N) is 2. The van der Waals surface area contributed by atoms with Gasteiger partial charge in [0.15, 0.2) is 5.78 Å². The van der Waals surface area contributed by atoms with Crippen LogP contribution in [0.3, 0.4) is 0 Å². The minimum atomic E-state index is -0.879. The van der Waals surface area contributed by atoms with Crippen LogP contribution in [0.25, 0.3) is 0 Å². The molecule has 5 rings (SSSR count). The van der Waals surface area contributed by atoms with Gasteiger partial charge < -0.3 is 34.8 Å². The van der Waals surface area contributed by atoms with Crippen LogP contribution in [-0.4, -0.2) is 88.9 Å². The SMILES string of the molecule is CCC(=O)Oc1cc(CC(=O)NCC(=O)N[C@H]2CC(C)N(CC(=O)N[C@@H](CC(C)C)C(=O)C3(C)CO3)C2=O)no1.CCc1ccccc1.Cc1ccccc1. The molecule has 2 aromatic carbocycles. The maximum absolute atomic E-state index is 12.9. The number of aryl methyl sites for hydroxylation is 2. The summed E-state index contributed by atoms with van der Waals surface area (Å²) in [6.07, 6.45) is 1.80. The number of esters is 1. The number of hydrogen-bond donors (Lipinski definition) is 3. The lowest BCUT2D eigenvalue weighted by Crippen LogP contribution is -2.51. The van der Waals surface area contributed by atoms with Crippen molar-refractivity contribution in [1.29, 1.82) is 0 Å². The fraction of sp³-hybridized carbons (Fsp3) is 0.488. The summed E-state index contributed by atoms with van der Waals surface area (Å²) in [7, 11) is 0. The first-order valence-corrected chi connectivity index (χ1v) is 18.7. The number of benzene rings is 2. The van der Waals surface area contributed by atoms with E-state index in [9.17, 15) is 28.8 Å². The number of ether oxygens (including phenoxy) is 2. The number of amides is 4. The van der Waals surface area contributed by atoms with E-state index in [1.165, 1.54) is 22.1 Å². The molecular weight excluding hydrogens is 706 g/mol. The van der Waals surface area contributed by atoms with Crippen molar-refractivity contribution in [2.45, 2.75) is 104 Å². The van der Waals surface area contributed by atoms with E-state index in [4.69, 9.17) is 14.0 Å². The number of hydrogen-bond acceptors (Lipinski definition) is 10. The average molecular weight is 762 g/mol. The molecular formula is C41H55N5O9. The monoisotopic (exact) mass is 761 g/mol. The molecule has 14 nitrogen and oxygen atoms in total. The summed E-state index contributed by atoms with van der Waals surface area (Å²) in [4.78, 5) is 75.7. The van der Waals surface area contributed by atoms with E-state index in [1.54, 1.807) is 20.8 Å². The van der Waals surface area contributed by atoms with E-state index in [1.807, 2.05) is 38.1 Å². The Bertz CT molecular complexity index is 1720. The summed E-state index contributed by atoms with van der Waals surface area (Å²) >= 11 is 0. The third-order valence-electron chi connectivity index (χ3n) is 8.82. The summed E-state index contributed by atoms with van der Waals surface area (Å²) in [5.74, 6) is -2.68. The van der Waals surface area contributed by atoms with Crippen LogP contribution in [-0.2, 0) is 46.3 Å². The summed E-state index contributed by atoms with van der Waals surface area (Å²) in [5.41, 5.74) is 2.06. The Hall–Kier alpha value is -5.37. The zero-order valence-electron chi connectivity index (χ0n) is 32.9. The maximum atomic E-state index is 12.9. The molecule has 3 N–H and O–H groups in total. The molecule has 0 spiro atoms. The first-order chi connectivity index (χ1) is 26.1. The van der Waals surface area contributed by atoms with E-state index in [2.05, 4.69) is 71.4 Å². The van der Waals surface area contributed by atoms with Gasteiger partial charge in [0.1, 0.15) is 11.6 Å². The molecule has 0 bridgehead atoms. The van der Waals surface area contributed by atoms with Crippen LogP contribution in [0.2, 0.25) is 0 Å². The Kier molecular flexibility index (Phi) is 17.2. The Morgan fingerprint density at radius 3 is 2.15 bits per heavy atom. The Morgan fingerprint density at radius 2 is 1.62 bits per heavy atom. The number of nitrogens with one attached hydrogen (secondary N) is 3. The highest BCUT2D eigenvalue weighted by Gasteiger charge is 2.50. The lowest BCUT2D eigenvalue weighted by atomic mass is 9.93. The number of epoxide rings is 1. The lowest BCUT2D eigenvalue weighted by molar-refractivity contribution is -0.137. The van der Waals surface area contributed by atoms with E-state index in [0.717, 1.165) is 6.42 Å². The van der Waals surface area contributed by atoms with Crippen molar-refractivity contribution >= 4 is 35.4 Å². The fourth-order valence-electron chi connectivity index (χ4n) is 5.57. The number of carbonyl (C=O) groups excluding carboxylic acids is 6. The van der Waals surface area contributed by atoms with Crippen molar-refractivity contribution in [3.05, 3.63) is 83.6 Å². The highest BCUT2D eigenvalue weighted by atomic mass is 16.6. The van der Waals surface area contributed by atoms with E-state index in [-0.39, 0.29) is 61.7 Å². The molecule has 14 heteroatoms. The summed E-state index contributed by atoms with van der Waals surface area (Å²) in [6.45, 7) is 12.9. The highest BCUT2D eigenvalue weighted by Crippen LogP contribution is 2.29. The minimum absolute atomic E-state index is 0.132. The van der Waals surface area contributed by atoms with Crippen LogP contribution in [0.15, 0.2) is 71.3 Å². The van der Waals surface area contributed by atoms with Crippen LogP contribution in [0.1, 0.15) is 77.6 Å². The first kappa shape index (κ1) is 44.0. The highest BCUT2D eigenvalue weighted by molar-refractivity contribution is 5.98. The van der Waals surface area contributed by atoms with Gasteiger partial charge in [0.25, 0.3) is 0 Å². The van der Waals surface area contributed by atoms with Gasteiger partial charge in [-0.05, 0) is 51.5 Å². The van der Waals surface area contributed by atoms with E-state index in [0.29, 0.717) is 13.0 Å². The van der Waals surface area contributed by atoms with Crippen molar-refractivity contribution in [3.8, 4) is 5.95 Å². The van der Waals surface area contributed by atoms with Crippen LogP contribution >= 0.6 is 0 Å². The molecule has 298 valence electrons. The third-order valence-corrected chi connectivity index (χ3v) is 8.82. The van der Waals surface area contributed by atoms with Gasteiger partial charge in [-0.2, -0.15) is 0 Å². The first-order valence-electron chi connectivity index (χ1n) is 18.7. The van der Waals surface area contributed by atoms with Crippen LogP contribution in [0.4, 0.5) is 0 Å². The van der Waals surface area contributed by atoms with E-state index >= 15 is 0 Å². The Balaban J connectivity index is 0.000000444. The van der Waals surface area contributed by atoms with Crippen LogP contribution in [0, 0.1) is 12.8 Å². The van der Waals surface area contributed by atoms with Crippen molar-refractivity contribution in [2.75, 3.05) is 19.7 Å². The van der Waals surface area contributed by atoms with Crippen molar-refractivity contribution in [1.82, 2.24) is 26.0 Å². The normalized spacial score (nSPS) is 18.8. The number of likely N-dealkylation sites (tertiary alicyclic amines) is 1. The van der Waals surface area contributed by atoms with E-state index < -0.39 is 47.3 Å². The molecule has 3 aromatic rings. The van der Waals surface area contributed by atoms with Gasteiger partial charge in [0.2, 0.25) is 23.6 Å². The smallest absolute Gasteiger partial charge is 0.319 e. The summed E-state index contributed by atoms with van der Waals surface area (Å²) in [5, 5.41) is 11.4. The molecule has 0 aliphatic carbocycles. The predicted molar refractivity (Wildman–Crippen MR) is 205 cm³/mol. The second-order valence-corrected chi connectivity index (χ2v) is 14.2. The summed E-state index contributed by atoms with van der Waals surface area (Å²) < 4.78 is 14.9. The van der Waals surface area contributed by atoms with Gasteiger partial charge in [0.05, 0.1) is 37.9 Å². The number of carbonyl (C=O) groups is 6. The molecule has 0 saturated carbocycles. The Labute approximate surface area is 323 Å². The van der Waals surface area contributed by atoms with Gasteiger partial charge in [0, 0.05) is 18.5 Å². The van der Waals surface area contributed by atoms with Crippen LogP contribution < -0.4 is 20.7 Å². The maximum Gasteiger partial charge on any atom is 0.319 e. The third kappa shape index (κ3) is 15.1. The van der Waals surface area contributed by atoms with Crippen molar-refractivity contribution < 1.29 is 42.8 Å². The molecule has 4 atom stereocenters. The number of ketones is 1. The quantitative estimate of drug-likeness (QED) is 0.151. The molecule has 2 saturated heterocycles. The Morgan fingerprint density at radius 1 is 0.982 bits per heavy atom. The van der Waals surface area contributed by atoms with Gasteiger partial charge >= 0.3 is 11.9 Å². The molecule has 55 heavy (non-hydrogen) atoms. The zero-order valence-corrected chi connectivity index (χ0v) is 32.9. The number of rotatable bonds is 15. The van der Waals surface area contributed by atoms with Gasteiger partial charge in [-0.15, -0.1) is 0 Å². The lowest BCUT2D eigenvalue weighted by Gasteiger charge is -2.25. The van der Waals surface area contributed by atoms with Crippen molar-refractivity contribution in [2.24, 2.45) is 5.92 Å². The van der Waals surface area contributed by atoms with Gasteiger partial charge in [-0.25, -0.2) is 0 Å². The van der Waals surface area contributed by atoms with Crippen LogP contribution in [0.5, 0.6) is 5.95 Å². The number of aromatic nitrogens is 1. The molecule has 2 aliphatic rings. The van der Waals surface area contributed by atoms with Crippen molar-refractivity contribution in [3.63, 3.8) is 0 Å². The topological polar surface area (TPSA) is 190 Å². The molecule has 2 fully saturated rings.